The van der Waals surface area contributed by atoms with Gasteiger partial charge >= 0.3 is 12.1 Å². The molecule has 2 rings (SSSR count). The molecule has 1 aliphatic heterocycles. The number of ether oxygens (including phenoxy) is 1. The SMILES string of the molecule is CC(C)N(CC1CCCN(CC(=O)NC(=O)NC2CC2)C1)C(=O)OC(C)(C)C. The predicted molar refractivity (Wildman–Crippen MR) is 107 cm³/mol. The largest absolute Gasteiger partial charge is 0.444 e. The number of nitrogens with one attached hydrogen (secondary N) is 2. The number of urea groups is 1. The van der Waals surface area contributed by atoms with Crippen molar-refractivity contribution in [2.24, 2.45) is 5.92 Å². The average Bonchev–Trinajstić information content (AvgIpc) is 3.34. The molecule has 2 N–H and O–H groups in total. The summed E-state index contributed by atoms with van der Waals surface area (Å²) in [5.74, 6) is -0.0107. The smallest absolute Gasteiger partial charge is 0.410 e. The number of carbonyl (C=O) groups is 3. The van der Waals surface area contributed by atoms with Crippen LogP contribution in [0.5, 0.6) is 0 Å². The van der Waals surface area contributed by atoms with Gasteiger partial charge in [0.2, 0.25) is 5.91 Å². The van der Waals surface area contributed by atoms with Gasteiger partial charge in [0.25, 0.3) is 0 Å². The molecule has 2 aliphatic rings. The topological polar surface area (TPSA) is 91.0 Å². The van der Waals surface area contributed by atoms with Crippen LogP contribution in [-0.2, 0) is 9.53 Å². The Morgan fingerprint density at radius 3 is 2.43 bits per heavy atom. The van der Waals surface area contributed by atoms with Crippen LogP contribution in [0.15, 0.2) is 0 Å². The molecule has 0 aromatic heterocycles. The molecule has 1 aliphatic carbocycles. The summed E-state index contributed by atoms with van der Waals surface area (Å²) >= 11 is 0. The van der Waals surface area contributed by atoms with E-state index in [9.17, 15) is 14.4 Å². The zero-order chi connectivity index (χ0) is 20.9. The third kappa shape index (κ3) is 8.04. The molecule has 1 saturated carbocycles. The van der Waals surface area contributed by atoms with E-state index in [-0.39, 0.29) is 36.5 Å². The van der Waals surface area contributed by atoms with Crippen molar-refractivity contribution < 1.29 is 19.1 Å². The van der Waals surface area contributed by atoms with Gasteiger partial charge in [-0.15, -0.1) is 0 Å². The zero-order valence-corrected chi connectivity index (χ0v) is 17.9. The maximum Gasteiger partial charge on any atom is 0.410 e. The number of piperidine rings is 1. The lowest BCUT2D eigenvalue weighted by Gasteiger charge is -2.37. The number of likely N-dealkylation sites (tertiary alicyclic amines) is 1. The van der Waals surface area contributed by atoms with E-state index in [1.807, 2.05) is 34.6 Å². The third-order valence-electron chi connectivity index (χ3n) is 4.84. The Balaban J connectivity index is 1.82. The lowest BCUT2D eigenvalue weighted by atomic mass is 9.97. The second-order valence-corrected chi connectivity index (χ2v) is 9.27. The van der Waals surface area contributed by atoms with Gasteiger partial charge in [-0.05, 0) is 72.8 Å². The summed E-state index contributed by atoms with van der Waals surface area (Å²) in [4.78, 5) is 40.2. The van der Waals surface area contributed by atoms with Gasteiger partial charge in [-0.3, -0.25) is 15.0 Å². The summed E-state index contributed by atoms with van der Waals surface area (Å²) in [7, 11) is 0. The van der Waals surface area contributed by atoms with Gasteiger partial charge in [0.05, 0.1) is 6.54 Å². The number of imide groups is 1. The van der Waals surface area contributed by atoms with E-state index in [1.165, 1.54) is 0 Å². The van der Waals surface area contributed by atoms with E-state index in [4.69, 9.17) is 4.74 Å². The summed E-state index contributed by atoms with van der Waals surface area (Å²) in [5.41, 5.74) is -0.526. The van der Waals surface area contributed by atoms with E-state index in [0.717, 1.165) is 38.8 Å². The standard InChI is InChI=1S/C20H36N4O4/c1-14(2)24(19(27)28-20(3,4)5)12-15-7-6-10-23(11-15)13-17(25)22-18(26)21-16-8-9-16/h14-16H,6-13H2,1-5H3,(H2,21,22,25,26). The van der Waals surface area contributed by atoms with E-state index < -0.39 is 11.6 Å². The second kappa shape index (κ2) is 9.58. The Kier molecular flexibility index (Phi) is 7.69. The van der Waals surface area contributed by atoms with Crippen LogP contribution in [0, 0.1) is 5.92 Å². The lowest BCUT2D eigenvalue weighted by molar-refractivity contribution is -0.121. The molecule has 8 heteroatoms. The fourth-order valence-electron chi connectivity index (χ4n) is 3.36. The van der Waals surface area contributed by atoms with Crippen LogP contribution in [-0.4, -0.2) is 71.7 Å². The Morgan fingerprint density at radius 1 is 1.18 bits per heavy atom. The van der Waals surface area contributed by atoms with Gasteiger partial charge in [-0.25, -0.2) is 9.59 Å². The molecule has 28 heavy (non-hydrogen) atoms. The van der Waals surface area contributed by atoms with Crippen molar-refractivity contribution in [2.75, 3.05) is 26.2 Å². The number of nitrogens with zero attached hydrogens (tertiary/aromatic N) is 2. The van der Waals surface area contributed by atoms with Gasteiger partial charge in [0.1, 0.15) is 5.60 Å². The van der Waals surface area contributed by atoms with Crippen LogP contribution in [0.25, 0.3) is 0 Å². The van der Waals surface area contributed by atoms with Gasteiger partial charge in [0, 0.05) is 25.2 Å². The normalized spacial score (nSPS) is 20.6. The molecule has 160 valence electrons. The molecular formula is C20H36N4O4. The van der Waals surface area contributed by atoms with Gasteiger partial charge in [-0.2, -0.15) is 0 Å². The van der Waals surface area contributed by atoms with E-state index in [2.05, 4.69) is 15.5 Å². The first kappa shape index (κ1) is 22.5. The molecule has 0 aromatic carbocycles. The number of carbonyl (C=O) groups excluding carboxylic acids is 3. The van der Waals surface area contributed by atoms with Gasteiger partial charge < -0.3 is 15.0 Å². The van der Waals surface area contributed by atoms with Gasteiger partial charge in [-0.1, -0.05) is 0 Å². The van der Waals surface area contributed by atoms with Crippen molar-refractivity contribution in [3.63, 3.8) is 0 Å². The quantitative estimate of drug-likeness (QED) is 0.719. The minimum atomic E-state index is -0.526. The first-order chi connectivity index (χ1) is 13.0. The van der Waals surface area contributed by atoms with Crippen molar-refractivity contribution in [3.05, 3.63) is 0 Å². The summed E-state index contributed by atoms with van der Waals surface area (Å²) in [6.07, 6.45) is 3.64. The maximum atomic E-state index is 12.5. The molecule has 1 heterocycles. The highest BCUT2D eigenvalue weighted by Gasteiger charge is 2.30. The predicted octanol–water partition coefficient (Wildman–Crippen LogP) is 2.33. The molecule has 2 fully saturated rings. The third-order valence-corrected chi connectivity index (χ3v) is 4.84. The fourth-order valence-corrected chi connectivity index (χ4v) is 3.36. The summed E-state index contributed by atoms with van der Waals surface area (Å²) in [6, 6.07) is -0.140. The Labute approximate surface area is 168 Å². The fraction of sp³-hybridized carbons (Fsp3) is 0.850. The molecular weight excluding hydrogens is 360 g/mol. The van der Waals surface area contributed by atoms with Crippen LogP contribution < -0.4 is 10.6 Å². The highest BCUT2D eigenvalue weighted by Crippen LogP contribution is 2.21. The first-order valence-corrected chi connectivity index (χ1v) is 10.4. The molecule has 1 atom stereocenters. The summed E-state index contributed by atoms with van der Waals surface area (Å²) in [6.45, 7) is 11.9. The van der Waals surface area contributed by atoms with Crippen LogP contribution >= 0.6 is 0 Å². The van der Waals surface area contributed by atoms with E-state index in [0.29, 0.717) is 6.54 Å². The molecule has 0 bridgehead atoms. The van der Waals surface area contributed by atoms with Crippen molar-refractivity contribution in [2.45, 2.75) is 78.0 Å². The average molecular weight is 397 g/mol. The molecule has 0 radical (unpaired) electrons. The second-order valence-electron chi connectivity index (χ2n) is 9.27. The minimum absolute atomic E-state index is 0.0413. The van der Waals surface area contributed by atoms with Crippen molar-refractivity contribution in [3.8, 4) is 0 Å². The lowest BCUT2D eigenvalue weighted by Crippen LogP contribution is -2.50. The van der Waals surface area contributed by atoms with Crippen molar-refractivity contribution >= 4 is 18.0 Å². The molecule has 0 spiro atoms. The Bertz CT molecular complexity index is 569. The molecule has 8 nitrogen and oxygen atoms in total. The van der Waals surface area contributed by atoms with E-state index in [1.54, 1.807) is 4.90 Å². The summed E-state index contributed by atoms with van der Waals surface area (Å²) < 4.78 is 5.54. The van der Waals surface area contributed by atoms with Crippen LogP contribution in [0.2, 0.25) is 0 Å². The van der Waals surface area contributed by atoms with Gasteiger partial charge in [0.15, 0.2) is 0 Å². The van der Waals surface area contributed by atoms with Crippen molar-refractivity contribution in [1.82, 2.24) is 20.4 Å². The zero-order valence-electron chi connectivity index (χ0n) is 17.9. The molecule has 1 unspecified atom stereocenters. The van der Waals surface area contributed by atoms with Crippen LogP contribution in [0.3, 0.4) is 0 Å². The maximum absolute atomic E-state index is 12.5. The summed E-state index contributed by atoms with van der Waals surface area (Å²) in [5, 5.41) is 5.15. The van der Waals surface area contributed by atoms with Crippen molar-refractivity contribution in [1.29, 1.82) is 0 Å². The molecule has 4 amide bonds. The molecule has 0 aromatic rings. The first-order valence-electron chi connectivity index (χ1n) is 10.4. The Morgan fingerprint density at radius 2 is 1.86 bits per heavy atom. The van der Waals surface area contributed by atoms with E-state index >= 15 is 0 Å². The van der Waals surface area contributed by atoms with Crippen LogP contribution in [0.1, 0.15) is 60.3 Å². The highest BCUT2D eigenvalue weighted by molar-refractivity contribution is 5.95. The molecule has 1 saturated heterocycles. The highest BCUT2D eigenvalue weighted by atomic mass is 16.6. The number of amides is 4. The number of hydrogen-bond acceptors (Lipinski definition) is 5. The monoisotopic (exact) mass is 396 g/mol. The number of hydrogen-bond donors (Lipinski definition) is 2. The van der Waals surface area contributed by atoms with Crippen LogP contribution in [0.4, 0.5) is 9.59 Å². The number of rotatable bonds is 6. The minimum Gasteiger partial charge on any atom is -0.444 e. The Hall–Kier alpha value is -1.83.